The van der Waals surface area contributed by atoms with Gasteiger partial charge in [-0.25, -0.2) is 9.79 Å². The lowest BCUT2D eigenvalue weighted by Gasteiger charge is -2.24. The number of hydrogen-bond acceptors (Lipinski definition) is 5. The fraction of sp³-hybridized carbons (Fsp3) is 0.345. The Kier molecular flexibility index (Phi) is 8.41. The molecule has 3 rings (SSSR count). The van der Waals surface area contributed by atoms with Crippen LogP contribution in [0.25, 0.3) is 11.1 Å². The summed E-state index contributed by atoms with van der Waals surface area (Å²) in [6.07, 6.45) is 4.21. The van der Waals surface area contributed by atoms with Crippen LogP contribution in [0.3, 0.4) is 0 Å². The van der Waals surface area contributed by atoms with Gasteiger partial charge in [-0.05, 0) is 62.4 Å². The number of aryl methyl sites for hydroxylation is 1. The van der Waals surface area contributed by atoms with Crippen molar-refractivity contribution in [1.29, 1.82) is 5.26 Å². The van der Waals surface area contributed by atoms with Crippen molar-refractivity contribution in [1.82, 2.24) is 4.57 Å². The highest BCUT2D eigenvalue weighted by Crippen LogP contribution is 2.25. The van der Waals surface area contributed by atoms with E-state index < -0.39 is 5.60 Å². The van der Waals surface area contributed by atoms with Gasteiger partial charge >= 0.3 is 0 Å². The third-order valence-corrected chi connectivity index (χ3v) is 5.58. The molecule has 180 valence electrons. The summed E-state index contributed by atoms with van der Waals surface area (Å²) < 4.78 is 7.80. The van der Waals surface area contributed by atoms with Gasteiger partial charge in [0.2, 0.25) is 6.08 Å². The molecular weight excluding hydrogens is 438 g/mol. The van der Waals surface area contributed by atoms with Crippen LogP contribution < -0.4 is 10.3 Å². The second-order valence-electron chi connectivity index (χ2n) is 9.46. The number of aromatic nitrogens is 1. The molecule has 1 aromatic heterocycles. The number of unbranched alkanes of at least 4 members (excludes halogenated alkanes) is 1. The molecule has 0 saturated carbocycles. The van der Waals surface area contributed by atoms with Gasteiger partial charge in [0.1, 0.15) is 5.60 Å². The minimum atomic E-state index is -0.586. The zero-order chi connectivity index (χ0) is 25.4. The number of nitrogens with zero attached hydrogens (tertiary/aromatic N) is 3. The number of carbonyl (C=O) groups excluding carboxylic acids is 1. The molecule has 0 amide bonds. The van der Waals surface area contributed by atoms with Crippen LogP contribution in [-0.2, 0) is 24.3 Å². The van der Waals surface area contributed by atoms with Crippen LogP contribution in [0.2, 0.25) is 0 Å². The van der Waals surface area contributed by atoms with Gasteiger partial charge in [-0.1, -0.05) is 55.8 Å². The highest BCUT2D eigenvalue weighted by atomic mass is 16.5. The van der Waals surface area contributed by atoms with E-state index in [9.17, 15) is 14.9 Å². The number of isocyanates is 1. The molecule has 0 unspecified atom stereocenters. The molecule has 3 aromatic rings. The van der Waals surface area contributed by atoms with Crippen molar-refractivity contribution in [3.05, 3.63) is 87.3 Å². The number of rotatable bonds is 9. The summed E-state index contributed by atoms with van der Waals surface area (Å²) in [7, 11) is 0. The zero-order valence-electron chi connectivity index (χ0n) is 20.8. The van der Waals surface area contributed by atoms with Crippen molar-refractivity contribution in [3.63, 3.8) is 0 Å². The lowest BCUT2D eigenvalue weighted by atomic mass is 9.99. The molecule has 1 heterocycles. The second-order valence-corrected chi connectivity index (χ2v) is 9.46. The SMILES string of the molecule is CCCCc1cc(CN=C=O)c(OC(C)(C)C)c(=O)n1Cc1ccc(-c2ccccc2C#N)cc1. The van der Waals surface area contributed by atoms with E-state index in [2.05, 4.69) is 18.0 Å². The van der Waals surface area contributed by atoms with Crippen LogP contribution in [-0.4, -0.2) is 16.2 Å². The maximum absolute atomic E-state index is 13.7. The van der Waals surface area contributed by atoms with Crippen LogP contribution in [0.15, 0.2) is 64.4 Å². The van der Waals surface area contributed by atoms with Gasteiger partial charge < -0.3 is 9.30 Å². The van der Waals surface area contributed by atoms with Crippen molar-refractivity contribution in [3.8, 4) is 22.9 Å². The molecule has 0 atom stereocenters. The molecule has 6 heteroatoms. The first kappa shape index (κ1) is 25.7. The van der Waals surface area contributed by atoms with Gasteiger partial charge in [0.15, 0.2) is 5.75 Å². The lowest BCUT2D eigenvalue weighted by molar-refractivity contribution is 0.126. The van der Waals surface area contributed by atoms with Crippen LogP contribution >= 0.6 is 0 Å². The number of benzene rings is 2. The minimum Gasteiger partial charge on any atom is -0.482 e. The first-order valence-corrected chi connectivity index (χ1v) is 11.8. The van der Waals surface area contributed by atoms with Crippen LogP contribution in [0, 0.1) is 11.3 Å². The minimum absolute atomic E-state index is 0.0527. The Labute approximate surface area is 206 Å². The Morgan fingerprint density at radius 2 is 1.80 bits per heavy atom. The smallest absolute Gasteiger partial charge is 0.293 e. The Balaban J connectivity index is 2.05. The van der Waals surface area contributed by atoms with Crippen LogP contribution in [0.1, 0.15) is 62.9 Å². The summed E-state index contributed by atoms with van der Waals surface area (Å²) in [5.74, 6) is 0.219. The van der Waals surface area contributed by atoms with Crippen molar-refractivity contribution >= 4 is 6.08 Å². The average molecular weight is 470 g/mol. The standard InChI is InChI=1S/C29H31N3O3/c1-5-6-10-25-16-24(18-31-20-33)27(35-29(2,3)4)28(34)32(25)19-21-12-14-22(15-13-21)26-11-8-7-9-23(26)17-30/h7-9,11-16H,5-6,10,18-19H2,1-4H3. The first-order chi connectivity index (χ1) is 16.8. The van der Waals surface area contributed by atoms with Crippen LogP contribution in [0.4, 0.5) is 0 Å². The molecule has 0 fully saturated rings. The largest absolute Gasteiger partial charge is 0.482 e. The highest BCUT2D eigenvalue weighted by Gasteiger charge is 2.21. The van der Waals surface area contributed by atoms with Gasteiger partial charge in [0.25, 0.3) is 5.56 Å². The number of nitriles is 1. The van der Waals surface area contributed by atoms with E-state index in [4.69, 9.17) is 4.74 Å². The molecule has 0 aliphatic carbocycles. The molecule has 0 aliphatic rings. The van der Waals surface area contributed by atoms with Gasteiger partial charge in [-0.2, -0.15) is 5.26 Å². The van der Waals surface area contributed by atoms with Gasteiger partial charge in [-0.15, -0.1) is 0 Å². The fourth-order valence-electron chi connectivity index (χ4n) is 3.93. The number of pyridine rings is 1. The van der Waals surface area contributed by atoms with Crippen molar-refractivity contribution < 1.29 is 9.53 Å². The number of aliphatic imine (C=N–C) groups is 1. The highest BCUT2D eigenvalue weighted by molar-refractivity contribution is 5.70. The fourth-order valence-corrected chi connectivity index (χ4v) is 3.93. The third-order valence-electron chi connectivity index (χ3n) is 5.58. The van der Waals surface area contributed by atoms with Crippen molar-refractivity contribution in [2.45, 2.75) is 65.6 Å². The van der Waals surface area contributed by atoms with Crippen molar-refractivity contribution in [2.75, 3.05) is 0 Å². The normalized spacial score (nSPS) is 10.9. The summed E-state index contributed by atoms with van der Waals surface area (Å²) in [4.78, 5) is 28.1. The molecule has 0 saturated heterocycles. The molecule has 6 nitrogen and oxygen atoms in total. The van der Waals surface area contributed by atoms with E-state index in [0.717, 1.165) is 41.6 Å². The van der Waals surface area contributed by atoms with Gasteiger partial charge in [0, 0.05) is 11.3 Å². The monoisotopic (exact) mass is 469 g/mol. The van der Waals surface area contributed by atoms with E-state index >= 15 is 0 Å². The van der Waals surface area contributed by atoms with Gasteiger partial charge in [-0.3, -0.25) is 4.79 Å². The molecule has 2 aromatic carbocycles. The predicted octanol–water partition coefficient (Wildman–Crippen LogP) is 5.79. The van der Waals surface area contributed by atoms with Crippen molar-refractivity contribution in [2.24, 2.45) is 4.99 Å². The van der Waals surface area contributed by atoms with Crippen LogP contribution in [0.5, 0.6) is 5.75 Å². The Bertz CT molecular complexity index is 1320. The second kappa shape index (κ2) is 11.5. The first-order valence-electron chi connectivity index (χ1n) is 11.8. The summed E-state index contributed by atoms with van der Waals surface area (Å²) in [6.45, 7) is 8.19. The maximum Gasteiger partial charge on any atom is 0.293 e. The molecular formula is C29H31N3O3. The Morgan fingerprint density at radius 3 is 2.43 bits per heavy atom. The van der Waals surface area contributed by atoms with E-state index in [1.165, 1.54) is 0 Å². The Morgan fingerprint density at radius 1 is 1.09 bits per heavy atom. The average Bonchev–Trinajstić information content (AvgIpc) is 2.84. The van der Waals surface area contributed by atoms with E-state index in [-0.39, 0.29) is 17.9 Å². The summed E-state index contributed by atoms with van der Waals surface area (Å²) in [5, 5.41) is 9.42. The Hall–Kier alpha value is -3.94. The summed E-state index contributed by atoms with van der Waals surface area (Å²) >= 11 is 0. The quantitative estimate of drug-likeness (QED) is 0.293. The summed E-state index contributed by atoms with van der Waals surface area (Å²) in [6, 6.07) is 19.6. The molecule has 0 bridgehead atoms. The molecule has 0 aliphatic heterocycles. The maximum atomic E-state index is 13.7. The zero-order valence-corrected chi connectivity index (χ0v) is 20.8. The number of ether oxygens (including phenoxy) is 1. The predicted molar refractivity (Wildman–Crippen MR) is 137 cm³/mol. The molecule has 0 radical (unpaired) electrons. The third kappa shape index (κ3) is 6.56. The number of hydrogen-bond donors (Lipinski definition) is 0. The van der Waals surface area contributed by atoms with Gasteiger partial charge in [0.05, 0.1) is 24.7 Å². The van der Waals surface area contributed by atoms with E-state index in [1.807, 2.05) is 69.3 Å². The van der Waals surface area contributed by atoms with E-state index in [1.54, 1.807) is 16.7 Å². The lowest BCUT2D eigenvalue weighted by Crippen LogP contribution is -2.32. The summed E-state index contributed by atoms with van der Waals surface area (Å²) in [5.41, 5.74) is 4.07. The topological polar surface area (TPSA) is 84.4 Å². The van der Waals surface area contributed by atoms with E-state index in [0.29, 0.717) is 17.7 Å². The molecule has 35 heavy (non-hydrogen) atoms. The molecule has 0 spiro atoms. The molecule has 0 N–H and O–H groups in total.